The molecule has 6 nitrogen and oxygen atoms in total. The Morgan fingerprint density at radius 2 is 2.31 bits per heavy atom. The molecule has 66 valence electrons. The molecular weight excluding hydrogens is 194 g/mol. The van der Waals surface area contributed by atoms with Gasteiger partial charge in [-0.2, -0.15) is 4.21 Å². The molecule has 1 heterocycles. The van der Waals surface area contributed by atoms with Crippen LogP contribution in [0.15, 0.2) is 23.3 Å². The van der Waals surface area contributed by atoms with Crippen LogP contribution in [0.3, 0.4) is 0 Å². The third-order valence-electron chi connectivity index (χ3n) is 1.42. The van der Waals surface area contributed by atoms with Crippen LogP contribution >= 0.6 is 0 Å². The Labute approximate surface area is 75.6 Å². The fourth-order valence-corrected chi connectivity index (χ4v) is 1.55. The SMILES string of the molecule is [N-]=[N+]=Nc1cccc2c1OS(=O)O2. The number of nitrogens with zero attached hydrogens (tertiary/aromatic N) is 3. The summed E-state index contributed by atoms with van der Waals surface area (Å²) in [6.07, 6.45) is 0. The van der Waals surface area contributed by atoms with E-state index in [9.17, 15) is 4.21 Å². The van der Waals surface area contributed by atoms with Gasteiger partial charge >= 0.3 is 11.4 Å². The molecule has 0 aliphatic carbocycles. The summed E-state index contributed by atoms with van der Waals surface area (Å²) in [7, 11) is 0. The van der Waals surface area contributed by atoms with Crippen LogP contribution in [0.4, 0.5) is 5.69 Å². The molecule has 1 aromatic rings. The van der Waals surface area contributed by atoms with E-state index in [1.807, 2.05) is 0 Å². The number of fused-ring (bicyclic) bond motifs is 1. The Hall–Kier alpha value is -1.72. The average Bonchev–Trinajstić information content (AvgIpc) is 2.47. The van der Waals surface area contributed by atoms with Gasteiger partial charge in [-0.1, -0.05) is 11.2 Å². The highest BCUT2D eigenvalue weighted by molar-refractivity contribution is 7.76. The van der Waals surface area contributed by atoms with Gasteiger partial charge in [-0.3, -0.25) is 0 Å². The van der Waals surface area contributed by atoms with Gasteiger partial charge in [0.2, 0.25) is 0 Å². The number of azide groups is 1. The third-order valence-corrected chi connectivity index (χ3v) is 2.04. The Morgan fingerprint density at radius 3 is 3.08 bits per heavy atom. The summed E-state index contributed by atoms with van der Waals surface area (Å²) in [5.41, 5.74) is 8.47. The van der Waals surface area contributed by atoms with Gasteiger partial charge in [-0.05, 0) is 17.7 Å². The van der Waals surface area contributed by atoms with Gasteiger partial charge in [-0.15, -0.1) is 0 Å². The molecule has 0 saturated heterocycles. The summed E-state index contributed by atoms with van der Waals surface area (Å²) in [6, 6.07) is 4.75. The van der Waals surface area contributed by atoms with Crippen LogP contribution in [0.2, 0.25) is 0 Å². The molecule has 1 aliphatic heterocycles. The summed E-state index contributed by atoms with van der Waals surface area (Å²) >= 11 is -1.82. The normalized spacial score (nSPS) is 18.0. The van der Waals surface area contributed by atoms with E-state index in [1.54, 1.807) is 18.2 Å². The lowest BCUT2D eigenvalue weighted by molar-refractivity contribution is 0.520. The summed E-state index contributed by atoms with van der Waals surface area (Å²) in [4.78, 5) is 2.60. The fourth-order valence-electron chi connectivity index (χ4n) is 0.939. The highest BCUT2D eigenvalue weighted by atomic mass is 32.2. The lowest BCUT2D eigenvalue weighted by Gasteiger charge is -1.94. The van der Waals surface area contributed by atoms with Crippen molar-refractivity contribution in [2.45, 2.75) is 0 Å². The van der Waals surface area contributed by atoms with Crippen molar-refractivity contribution in [2.24, 2.45) is 5.11 Å². The quantitative estimate of drug-likeness (QED) is 0.392. The Morgan fingerprint density at radius 1 is 1.46 bits per heavy atom. The monoisotopic (exact) mass is 197 g/mol. The maximum Gasteiger partial charge on any atom is 0.417 e. The van der Waals surface area contributed by atoms with Crippen LogP contribution in [0, 0.1) is 0 Å². The van der Waals surface area contributed by atoms with E-state index in [0.29, 0.717) is 5.75 Å². The van der Waals surface area contributed by atoms with Crippen molar-refractivity contribution >= 4 is 17.0 Å². The zero-order valence-electron chi connectivity index (χ0n) is 6.21. The van der Waals surface area contributed by atoms with Gasteiger partial charge in [-0.25, -0.2) is 0 Å². The van der Waals surface area contributed by atoms with E-state index in [-0.39, 0.29) is 11.4 Å². The Bertz CT molecular complexity index is 427. The van der Waals surface area contributed by atoms with Gasteiger partial charge in [0.15, 0.2) is 11.5 Å². The molecule has 0 fully saturated rings. The number of hydrogen-bond donors (Lipinski definition) is 0. The van der Waals surface area contributed by atoms with Crippen LogP contribution in [-0.4, -0.2) is 4.21 Å². The summed E-state index contributed by atoms with van der Waals surface area (Å²) in [5, 5.41) is 3.35. The molecule has 0 radical (unpaired) electrons. The zero-order valence-corrected chi connectivity index (χ0v) is 7.02. The first kappa shape index (κ1) is 7.90. The molecule has 7 heteroatoms. The minimum Gasteiger partial charge on any atom is -0.367 e. The first-order chi connectivity index (χ1) is 6.31. The first-order valence-electron chi connectivity index (χ1n) is 3.28. The molecule has 0 saturated carbocycles. The summed E-state index contributed by atoms with van der Waals surface area (Å²) in [6.45, 7) is 0. The van der Waals surface area contributed by atoms with E-state index in [2.05, 4.69) is 10.0 Å². The minimum absolute atomic E-state index is 0.221. The van der Waals surface area contributed by atoms with Gasteiger partial charge in [0, 0.05) is 4.91 Å². The molecule has 0 N–H and O–H groups in total. The number of para-hydroxylation sites is 1. The van der Waals surface area contributed by atoms with E-state index < -0.39 is 11.4 Å². The molecule has 2 rings (SSSR count). The van der Waals surface area contributed by atoms with E-state index in [0.717, 1.165) is 0 Å². The van der Waals surface area contributed by atoms with Crippen molar-refractivity contribution in [3.05, 3.63) is 28.6 Å². The molecule has 13 heavy (non-hydrogen) atoms. The van der Waals surface area contributed by atoms with Crippen molar-refractivity contribution in [1.29, 1.82) is 0 Å². The molecule has 1 atom stereocenters. The second-order valence-corrected chi connectivity index (χ2v) is 2.91. The second kappa shape index (κ2) is 2.96. The van der Waals surface area contributed by atoms with E-state index in [1.165, 1.54) is 0 Å². The standard InChI is InChI=1S/C6H3N3O3S/c7-9-8-4-2-1-3-5-6(4)12-13(10)11-5/h1-3H. The van der Waals surface area contributed by atoms with Crippen LogP contribution in [0.5, 0.6) is 11.5 Å². The van der Waals surface area contributed by atoms with Crippen LogP contribution in [0.25, 0.3) is 10.4 Å². The van der Waals surface area contributed by atoms with Crippen molar-refractivity contribution < 1.29 is 12.6 Å². The van der Waals surface area contributed by atoms with Crippen LogP contribution < -0.4 is 8.37 Å². The van der Waals surface area contributed by atoms with Crippen LogP contribution in [0.1, 0.15) is 0 Å². The largest absolute Gasteiger partial charge is 0.417 e. The number of hydrogen-bond acceptors (Lipinski definition) is 4. The zero-order chi connectivity index (χ0) is 9.26. The molecule has 0 spiro atoms. The summed E-state index contributed by atoms with van der Waals surface area (Å²) in [5.74, 6) is 0.543. The highest BCUT2D eigenvalue weighted by Gasteiger charge is 2.23. The lowest BCUT2D eigenvalue weighted by atomic mass is 10.3. The van der Waals surface area contributed by atoms with Crippen molar-refractivity contribution in [3.63, 3.8) is 0 Å². The van der Waals surface area contributed by atoms with Gasteiger partial charge < -0.3 is 8.37 Å². The second-order valence-electron chi connectivity index (χ2n) is 2.16. The minimum atomic E-state index is -1.82. The Balaban J connectivity index is 2.57. The van der Waals surface area contributed by atoms with Crippen LogP contribution in [-0.2, 0) is 11.4 Å². The molecule has 1 unspecified atom stereocenters. The topological polar surface area (TPSA) is 84.3 Å². The number of benzene rings is 1. The number of rotatable bonds is 1. The summed E-state index contributed by atoms with van der Waals surface area (Å²) < 4.78 is 20.3. The lowest BCUT2D eigenvalue weighted by Crippen LogP contribution is -1.96. The molecular formula is C6H3N3O3S. The fraction of sp³-hybridized carbons (Fsp3) is 0. The average molecular weight is 197 g/mol. The molecule has 1 aliphatic rings. The van der Waals surface area contributed by atoms with E-state index in [4.69, 9.17) is 13.9 Å². The first-order valence-corrected chi connectivity index (χ1v) is 4.28. The van der Waals surface area contributed by atoms with Gasteiger partial charge in [0.25, 0.3) is 0 Å². The maximum atomic E-state index is 10.8. The predicted molar refractivity (Wildman–Crippen MR) is 44.6 cm³/mol. The smallest absolute Gasteiger partial charge is 0.367 e. The molecule has 0 aromatic heterocycles. The maximum absolute atomic E-state index is 10.8. The van der Waals surface area contributed by atoms with Crippen molar-refractivity contribution in [1.82, 2.24) is 0 Å². The van der Waals surface area contributed by atoms with Crippen molar-refractivity contribution in [2.75, 3.05) is 0 Å². The molecule has 0 amide bonds. The van der Waals surface area contributed by atoms with Gasteiger partial charge in [0.05, 0.1) is 5.69 Å². The van der Waals surface area contributed by atoms with Crippen molar-refractivity contribution in [3.8, 4) is 11.5 Å². The molecule has 1 aromatic carbocycles. The predicted octanol–water partition coefficient (Wildman–Crippen LogP) is 1.98. The van der Waals surface area contributed by atoms with E-state index >= 15 is 0 Å². The third kappa shape index (κ3) is 1.30. The molecule has 0 bridgehead atoms. The highest BCUT2D eigenvalue weighted by Crippen LogP contribution is 2.42. The Kier molecular flexibility index (Phi) is 1.80. The van der Waals surface area contributed by atoms with Gasteiger partial charge in [0.1, 0.15) is 0 Å².